The molecule has 0 bridgehead atoms. The minimum Gasteiger partial charge on any atom is -0.490 e. The van der Waals surface area contributed by atoms with Gasteiger partial charge in [0.1, 0.15) is 18.4 Å². The van der Waals surface area contributed by atoms with Crippen LogP contribution >= 0.6 is 0 Å². The topological polar surface area (TPSA) is 59.0 Å². The Kier molecular flexibility index (Phi) is 3.33. The van der Waals surface area contributed by atoms with Crippen molar-refractivity contribution in [2.24, 2.45) is 5.73 Å². The van der Waals surface area contributed by atoms with Gasteiger partial charge in [-0.1, -0.05) is 6.07 Å². The summed E-state index contributed by atoms with van der Waals surface area (Å²) >= 11 is 0. The number of nitriles is 1. The lowest BCUT2D eigenvalue weighted by atomic mass is 10.1. The van der Waals surface area contributed by atoms with Gasteiger partial charge in [-0.3, -0.25) is 0 Å². The van der Waals surface area contributed by atoms with Gasteiger partial charge in [-0.25, -0.2) is 0 Å². The van der Waals surface area contributed by atoms with E-state index in [1.807, 2.05) is 26.8 Å². The molecule has 0 fully saturated rings. The van der Waals surface area contributed by atoms with E-state index in [-0.39, 0.29) is 0 Å². The second-order valence-corrected chi connectivity index (χ2v) is 4.39. The van der Waals surface area contributed by atoms with Gasteiger partial charge in [0, 0.05) is 5.54 Å². The average molecular weight is 204 g/mol. The van der Waals surface area contributed by atoms with E-state index in [9.17, 15) is 0 Å². The molecule has 0 aliphatic rings. The SMILES string of the molecule is Cc1ccc(OCC(C)(C)N)c(C#N)c1. The van der Waals surface area contributed by atoms with Crippen LogP contribution in [0.15, 0.2) is 18.2 Å². The van der Waals surface area contributed by atoms with E-state index in [2.05, 4.69) is 6.07 Å². The lowest BCUT2D eigenvalue weighted by Gasteiger charge is -2.19. The monoisotopic (exact) mass is 204 g/mol. The van der Waals surface area contributed by atoms with Crippen molar-refractivity contribution >= 4 is 0 Å². The number of rotatable bonds is 3. The van der Waals surface area contributed by atoms with E-state index in [0.29, 0.717) is 17.9 Å². The van der Waals surface area contributed by atoms with E-state index in [1.54, 1.807) is 12.1 Å². The van der Waals surface area contributed by atoms with Crippen LogP contribution < -0.4 is 10.5 Å². The molecular weight excluding hydrogens is 188 g/mol. The molecule has 0 aliphatic heterocycles. The average Bonchev–Trinajstić information content (AvgIpc) is 2.14. The maximum absolute atomic E-state index is 8.91. The van der Waals surface area contributed by atoms with E-state index in [0.717, 1.165) is 5.56 Å². The first kappa shape index (κ1) is 11.5. The lowest BCUT2D eigenvalue weighted by molar-refractivity contribution is 0.243. The standard InChI is InChI=1S/C12H16N2O/c1-9-4-5-11(10(6-9)7-13)15-8-12(2,3)14/h4-6H,8,14H2,1-3H3. The molecule has 80 valence electrons. The fraction of sp³-hybridized carbons (Fsp3) is 0.417. The number of ether oxygens (including phenoxy) is 1. The van der Waals surface area contributed by atoms with Crippen LogP contribution in [-0.2, 0) is 0 Å². The zero-order valence-electron chi connectivity index (χ0n) is 9.37. The van der Waals surface area contributed by atoms with Crippen LogP contribution in [0.1, 0.15) is 25.0 Å². The van der Waals surface area contributed by atoms with Crippen LogP contribution in [0.4, 0.5) is 0 Å². The summed E-state index contributed by atoms with van der Waals surface area (Å²) in [6, 6.07) is 7.63. The van der Waals surface area contributed by atoms with E-state index < -0.39 is 5.54 Å². The first-order valence-electron chi connectivity index (χ1n) is 4.85. The summed E-state index contributed by atoms with van der Waals surface area (Å²) in [5.41, 5.74) is 7.01. The third-order valence-corrected chi connectivity index (χ3v) is 1.86. The van der Waals surface area contributed by atoms with Gasteiger partial charge in [-0.2, -0.15) is 5.26 Å². The number of aryl methyl sites for hydroxylation is 1. The molecule has 2 N–H and O–H groups in total. The Labute approximate surface area is 90.5 Å². The van der Waals surface area contributed by atoms with Crippen molar-refractivity contribution in [2.45, 2.75) is 26.3 Å². The Bertz CT molecular complexity index is 386. The first-order valence-corrected chi connectivity index (χ1v) is 4.85. The molecule has 0 radical (unpaired) electrons. The highest BCUT2D eigenvalue weighted by Gasteiger charge is 2.13. The molecule has 0 unspecified atom stereocenters. The number of benzene rings is 1. The Balaban J connectivity index is 2.82. The highest BCUT2D eigenvalue weighted by atomic mass is 16.5. The summed E-state index contributed by atoms with van der Waals surface area (Å²) in [5.74, 6) is 0.599. The Morgan fingerprint density at radius 2 is 2.13 bits per heavy atom. The fourth-order valence-electron chi connectivity index (χ4n) is 1.12. The minimum atomic E-state index is -0.391. The molecule has 1 aromatic carbocycles. The van der Waals surface area contributed by atoms with Crippen LogP contribution in [0.2, 0.25) is 0 Å². The van der Waals surface area contributed by atoms with Gasteiger partial charge in [-0.15, -0.1) is 0 Å². The molecule has 3 heteroatoms. The van der Waals surface area contributed by atoms with Gasteiger partial charge >= 0.3 is 0 Å². The largest absolute Gasteiger partial charge is 0.490 e. The summed E-state index contributed by atoms with van der Waals surface area (Å²) < 4.78 is 5.50. The molecule has 15 heavy (non-hydrogen) atoms. The molecule has 0 amide bonds. The predicted octanol–water partition coefficient (Wildman–Crippen LogP) is 1.98. The van der Waals surface area contributed by atoms with Crippen molar-refractivity contribution in [1.82, 2.24) is 0 Å². The van der Waals surface area contributed by atoms with Crippen LogP contribution in [0.5, 0.6) is 5.75 Å². The van der Waals surface area contributed by atoms with Crippen molar-refractivity contribution in [3.05, 3.63) is 29.3 Å². The highest BCUT2D eigenvalue weighted by Crippen LogP contribution is 2.19. The number of hydrogen-bond donors (Lipinski definition) is 1. The van der Waals surface area contributed by atoms with Crippen molar-refractivity contribution in [3.63, 3.8) is 0 Å². The Morgan fingerprint density at radius 1 is 1.47 bits per heavy atom. The summed E-state index contributed by atoms with van der Waals surface area (Å²) in [7, 11) is 0. The minimum absolute atomic E-state index is 0.391. The highest BCUT2D eigenvalue weighted by molar-refractivity contribution is 5.45. The summed E-state index contributed by atoms with van der Waals surface area (Å²) in [4.78, 5) is 0. The van der Waals surface area contributed by atoms with E-state index >= 15 is 0 Å². The zero-order chi connectivity index (χ0) is 11.5. The number of nitrogens with zero attached hydrogens (tertiary/aromatic N) is 1. The molecular formula is C12H16N2O. The number of nitrogens with two attached hydrogens (primary N) is 1. The van der Waals surface area contributed by atoms with Crippen LogP contribution in [0.3, 0.4) is 0 Å². The molecule has 0 heterocycles. The van der Waals surface area contributed by atoms with Gasteiger partial charge < -0.3 is 10.5 Å². The van der Waals surface area contributed by atoms with Gasteiger partial charge in [-0.05, 0) is 38.5 Å². The van der Waals surface area contributed by atoms with Crippen molar-refractivity contribution in [3.8, 4) is 11.8 Å². The van der Waals surface area contributed by atoms with Crippen LogP contribution in [-0.4, -0.2) is 12.1 Å². The number of hydrogen-bond acceptors (Lipinski definition) is 3. The second-order valence-electron chi connectivity index (χ2n) is 4.39. The molecule has 3 nitrogen and oxygen atoms in total. The molecule has 0 aliphatic carbocycles. The van der Waals surface area contributed by atoms with E-state index in [1.165, 1.54) is 0 Å². The zero-order valence-corrected chi connectivity index (χ0v) is 9.37. The summed E-state index contributed by atoms with van der Waals surface area (Å²) in [6.07, 6.45) is 0. The molecule has 0 aromatic heterocycles. The summed E-state index contributed by atoms with van der Waals surface area (Å²) in [6.45, 7) is 6.10. The maximum Gasteiger partial charge on any atom is 0.137 e. The Morgan fingerprint density at radius 3 is 2.67 bits per heavy atom. The van der Waals surface area contributed by atoms with Gasteiger partial charge in [0.25, 0.3) is 0 Å². The lowest BCUT2D eigenvalue weighted by Crippen LogP contribution is -2.38. The van der Waals surface area contributed by atoms with Crippen molar-refractivity contribution in [2.75, 3.05) is 6.61 Å². The van der Waals surface area contributed by atoms with E-state index in [4.69, 9.17) is 15.7 Å². The molecule has 1 rings (SSSR count). The summed E-state index contributed by atoms with van der Waals surface area (Å²) in [5, 5.41) is 8.91. The molecule has 1 aromatic rings. The van der Waals surface area contributed by atoms with Crippen molar-refractivity contribution < 1.29 is 4.74 Å². The third-order valence-electron chi connectivity index (χ3n) is 1.86. The molecule has 0 saturated heterocycles. The van der Waals surface area contributed by atoms with Crippen LogP contribution in [0, 0.1) is 18.3 Å². The fourth-order valence-corrected chi connectivity index (χ4v) is 1.12. The molecule has 0 saturated carbocycles. The smallest absolute Gasteiger partial charge is 0.137 e. The quantitative estimate of drug-likeness (QED) is 0.819. The second kappa shape index (κ2) is 4.33. The van der Waals surface area contributed by atoms with Gasteiger partial charge in [0.2, 0.25) is 0 Å². The predicted molar refractivity (Wildman–Crippen MR) is 59.7 cm³/mol. The van der Waals surface area contributed by atoms with Gasteiger partial charge in [0.05, 0.1) is 5.56 Å². The molecule has 0 spiro atoms. The van der Waals surface area contributed by atoms with Gasteiger partial charge in [0.15, 0.2) is 0 Å². The van der Waals surface area contributed by atoms with Crippen LogP contribution in [0.25, 0.3) is 0 Å². The maximum atomic E-state index is 8.91. The molecule has 0 atom stereocenters. The first-order chi connectivity index (χ1) is 6.92. The Hall–Kier alpha value is -1.53. The third kappa shape index (κ3) is 3.61. The van der Waals surface area contributed by atoms with Crippen molar-refractivity contribution in [1.29, 1.82) is 5.26 Å². The normalized spacial score (nSPS) is 10.9.